The van der Waals surface area contributed by atoms with Crippen LogP contribution in [0.1, 0.15) is 57.8 Å². The van der Waals surface area contributed by atoms with Gasteiger partial charge in [0.05, 0.1) is 0 Å². The van der Waals surface area contributed by atoms with Gasteiger partial charge in [0, 0.05) is 0 Å². The van der Waals surface area contributed by atoms with Crippen molar-refractivity contribution < 1.29 is 0 Å². The molecule has 4 saturated carbocycles. The fourth-order valence-corrected chi connectivity index (χ4v) is 6.11. The molecule has 1 N–H and O–H groups in total. The maximum absolute atomic E-state index is 3.50. The average Bonchev–Trinajstić information content (AvgIpc) is 2.38. The predicted octanol–water partition coefficient (Wildman–Crippen LogP) is 3.84. The molecule has 1 saturated heterocycles. The number of nitrogens with one attached hydrogen (secondary N) is 1. The van der Waals surface area contributed by atoms with E-state index in [4.69, 9.17) is 0 Å². The largest absolute Gasteiger partial charge is 0.317 e. The summed E-state index contributed by atoms with van der Waals surface area (Å²) >= 11 is 0. The van der Waals surface area contributed by atoms with Crippen molar-refractivity contribution in [3.63, 3.8) is 0 Å². The van der Waals surface area contributed by atoms with E-state index in [0.29, 0.717) is 0 Å². The number of piperidine rings is 1. The predicted molar refractivity (Wildman–Crippen MR) is 75.4 cm³/mol. The number of rotatable bonds is 3. The standard InChI is InChI=1S/C17H29N/c1(12-3-5-18-6-4-12)2-17-15-8-13-7-14(10-15)11-16(17)9-13/h12-18H,1-11H2. The van der Waals surface area contributed by atoms with Crippen LogP contribution in [0.3, 0.4) is 0 Å². The Balaban J connectivity index is 1.34. The molecule has 1 heterocycles. The lowest BCUT2D eigenvalue weighted by atomic mass is 9.51. The van der Waals surface area contributed by atoms with E-state index in [0.717, 1.165) is 35.5 Å². The molecule has 102 valence electrons. The lowest BCUT2D eigenvalue weighted by molar-refractivity contribution is -0.0420. The normalized spacial score (nSPS) is 47.7. The highest BCUT2D eigenvalue weighted by molar-refractivity contribution is 4.98. The molecule has 5 aliphatic rings. The Morgan fingerprint density at radius 2 is 1.33 bits per heavy atom. The van der Waals surface area contributed by atoms with Gasteiger partial charge in [-0.05, 0) is 100.0 Å². The lowest BCUT2D eigenvalue weighted by Gasteiger charge is -2.55. The molecular formula is C17H29N. The summed E-state index contributed by atoms with van der Waals surface area (Å²) in [6.07, 6.45) is 14.1. The summed E-state index contributed by atoms with van der Waals surface area (Å²) in [5.74, 6) is 6.83. The fourth-order valence-electron chi connectivity index (χ4n) is 6.11. The van der Waals surface area contributed by atoms with E-state index < -0.39 is 0 Å². The average molecular weight is 247 g/mol. The van der Waals surface area contributed by atoms with Crippen molar-refractivity contribution >= 4 is 0 Å². The summed E-state index contributed by atoms with van der Waals surface area (Å²) in [4.78, 5) is 0. The van der Waals surface area contributed by atoms with Crippen molar-refractivity contribution in [3.8, 4) is 0 Å². The van der Waals surface area contributed by atoms with Gasteiger partial charge in [-0.25, -0.2) is 0 Å². The molecule has 0 unspecified atom stereocenters. The molecule has 0 aromatic heterocycles. The van der Waals surface area contributed by atoms with Crippen molar-refractivity contribution in [1.82, 2.24) is 5.32 Å². The number of hydrogen-bond acceptors (Lipinski definition) is 1. The molecule has 5 rings (SSSR count). The smallest absolute Gasteiger partial charge is 0.00463 e. The Morgan fingerprint density at radius 3 is 1.94 bits per heavy atom. The molecule has 4 aliphatic carbocycles. The zero-order valence-corrected chi connectivity index (χ0v) is 11.7. The molecule has 0 spiro atoms. The van der Waals surface area contributed by atoms with E-state index in [1.807, 2.05) is 0 Å². The Bertz CT molecular complexity index is 264. The van der Waals surface area contributed by atoms with Gasteiger partial charge in [0.15, 0.2) is 0 Å². The van der Waals surface area contributed by atoms with E-state index in [1.54, 1.807) is 44.9 Å². The molecule has 0 aromatic carbocycles. The lowest BCUT2D eigenvalue weighted by Crippen LogP contribution is -2.45. The molecule has 1 nitrogen and oxygen atoms in total. The quantitative estimate of drug-likeness (QED) is 0.799. The molecule has 4 bridgehead atoms. The molecule has 1 aliphatic heterocycles. The third-order valence-electron chi connectivity index (χ3n) is 6.79. The Hall–Kier alpha value is -0.0400. The maximum Gasteiger partial charge on any atom is -0.00463 e. The third kappa shape index (κ3) is 2.13. The van der Waals surface area contributed by atoms with Gasteiger partial charge in [-0.3, -0.25) is 0 Å². The molecule has 1 heteroatoms. The van der Waals surface area contributed by atoms with Crippen LogP contribution in [-0.2, 0) is 0 Å². The molecule has 0 aromatic rings. The van der Waals surface area contributed by atoms with Crippen LogP contribution < -0.4 is 5.32 Å². The van der Waals surface area contributed by atoms with Gasteiger partial charge in [-0.1, -0.05) is 6.42 Å². The van der Waals surface area contributed by atoms with Crippen molar-refractivity contribution in [2.24, 2.45) is 35.5 Å². The van der Waals surface area contributed by atoms with Crippen LogP contribution in [0.2, 0.25) is 0 Å². The van der Waals surface area contributed by atoms with Crippen molar-refractivity contribution in [2.45, 2.75) is 57.8 Å². The highest BCUT2D eigenvalue weighted by Crippen LogP contribution is 2.57. The van der Waals surface area contributed by atoms with Crippen molar-refractivity contribution in [1.29, 1.82) is 0 Å². The molecule has 0 atom stereocenters. The summed E-state index contributed by atoms with van der Waals surface area (Å²) in [6, 6.07) is 0. The van der Waals surface area contributed by atoms with Crippen molar-refractivity contribution in [3.05, 3.63) is 0 Å². The molecule has 18 heavy (non-hydrogen) atoms. The highest BCUT2D eigenvalue weighted by atomic mass is 14.9. The first-order valence-corrected chi connectivity index (χ1v) is 8.59. The first-order valence-electron chi connectivity index (χ1n) is 8.59. The monoisotopic (exact) mass is 247 g/mol. The van der Waals surface area contributed by atoms with Gasteiger partial charge in [0.1, 0.15) is 0 Å². The van der Waals surface area contributed by atoms with E-state index >= 15 is 0 Å². The van der Waals surface area contributed by atoms with Gasteiger partial charge in [-0.2, -0.15) is 0 Å². The Morgan fingerprint density at radius 1 is 0.722 bits per heavy atom. The second-order valence-corrected chi connectivity index (χ2v) is 7.87. The first kappa shape index (κ1) is 11.8. The van der Waals surface area contributed by atoms with Crippen LogP contribution in [0.5, 0.6) is 0 Å². The van der Waals surface area contributed by atoms with Gasteiger partial charge >= 0.3 is 0 Å². The summed E-state index contributed by atoms with van der Waals surface area (Å²) < 4.78 is 0. The van der Waals surface area contributed by atoms with Gasteiger partial charge < -0.3 is 5.32 Å². The topological polar surface area (TPSA) is 12.0 Å². The minimum absolute atomic E-state index is 1.06. The summed E-state index contributed by atoms with van der Waals surface area (Å²) in [7, 11) is 0. The second kappa shape index (κ2) is 4.81. The minimum atomic E-state index is 1.06. The van der Waals surface area contributed by atoms with E-state index in [-0.39, 0.29) is 0 Å². The highest BCUT2D eigenvalue weighted by Gasteiger charge is 2.47. The first-order chi connectivity index (χ1) is 8.88. The molecule has 0 radical (unpaired) electrons. The zero-order chi connectivity index (χ0) is 11.9. The molecule has 5 fully saturated rings. The van der Waals surface area contributed by atoms with Crippen LogP contribution >= 0.6 is 0 Å². The number of hydrogen-bond donors (Lipinski definition) is 1. The molecular weight excluding hydrogens is 218 g/mol. The summed E-state index contributed by atoms with van der Waals surface area (Å²) in [5, 5.41) is 3.50. The minimum Gasteiger partial charge on any atom is -0.317 e. The van der Waals surface area contributed by atoms with E-state index in [1.165, 1.54) is 25.9 Å². The maximum atomic E-state index is 3.50. The zero-order valence-electron chi connectivity index (χ0n) is 11.7. The van der Waals surface area contributed by atoms with Gasteiger partial charge in [0.2, 0.25) is 0 Å². The van der Waals surface area contributed by atoms with Crippen LogP contribution in [0.4, 0.5) is 0 Å². The van der Waals surface area contributed by atoms with E-state index in [2.05, 4.69) is 5.32 Å². The van der Waals surface area contributed by atoms with Crippen LogP contribution in [0.25, 0.3) is 0 Å². The summed E-state index contributed by atoms with van der Waals surface area (Å²) in [6.45, 7) is 2.57. The Kier molecular flexibility index (Phi) is 3.14. The summed E-state index contributed by atoms with van der Waals surface area (Å²) in [5.41, 5.74) is 0. The van der Waals surface area contributed by atoms with Crippen LogP contribution in [0, 0.1) is 35.5 Å². The van der Waals surface area contributed by atoms with Crippen molar-refractivity contribution in [2.75, 3.05) is 13.1 Å². The van der Waals surface area contributed by atoms with Gasteiger partial charge in [0.25, 0.3) is 0 Å². The SMILES string of the molecule is C1CC(CCC2C3CC4CC(C3)CC2C4)CCN1. The molecule has 0 amide bonds. The van der Waals surface area contributed by atoms with E-state index in [9.17, 15) is 0 Å². The third-order valence-corrected chi connectivity index (χ3v) is 6.79. The van der Waals surface area contributed by atoms with Gasteiger partial charge in [-0.15, -0.1) is 0 Å². The van der Waals surface area contributed by atoms with Crippen LogP contribution in [0.15, 0.2) is 0 Å². The fraction of sp³-hybridized carbons (Fsp3) is 1.00. The van der Waals surface area contributed by atoms with Crippen LogP contribution in [-0.4, -0.2) is 13.1 Å². The second-order valence-electron chi connectivity index (χ2n) is 7.87. The Labute approximate surface area is 112 Å².